The molecule has 0 spiro atoms. The van der Waals surface area contributed by atoms with E-state index in [1.54, 1.807) is 0 Å². The van der Waals surface area contributed by atoms with E-state index in [1.165, 1.54) is 11.1 Å². The molecule has 1 unspecified atom stereocenters. The van der Waals surface area contributed by atoms with Crippen molar-refractivity contribution in [2.45, 2.75) is 32.3 Å². The number of nitrogens with zero attached hydrogens (tertiary/aromatic N) is 1. The molecule has 0 saturated heterocycles. The summed E-state index contributed by atoms with van der Waals surface area (Å²) in [6, 6.07) is 16.4. The highest BCUT2D eigenvalue weighted by Crippen LogP contribution is 2.34. The summed E-state index contributed by atoms with van der Waals surface area (Å²) in [5.74, 6) is 0.694. The van der Waals surface area contributed by atoms with Gasteiger partial charge in [0.1, 0.15) is 17.9 Å². The zero-order valence-corrected chi connectivity index (χ0v) is 11.6. The summed E-state index contributed by atoms with van der Waals surface area (Å²) in [6.45, 7) is 1.99. The Labute approximate surface area is 119 Å². The van der Waals surface area contributed by atoms with Crippen molar-refractivity contribution in [3.63, 3.8) is 0 Å². The first kappa shape index (κ1) is 12.7. The maximum Gasteiger partial charge on any atom is 0.138 e. The summed E-state index contributed by atoms with van der Waals surface area (Å²) in [6.07, 6.45) is 3.33. The van der Waals surface area contributed by atoms with Gasteiger partial charge in [0.15, 0.2) is 0 Å². The molecule has 0 heterocycles. The van der Waals surface area contributed by atoms with Crippen molar-refractivity contribution in [1.82, 2.24) is 0 Å². The van der Waals surface area contributed by atoms with Gasteiger partial charge >= 0.3 is 0 Å². The predicted octanol–water partition coefficient (Wildman–Crippen LogP) is 4.32. The Hall–Kier alpha value is -2.27. The third-order valence-electron chi connectivity index (χ3n) is 3.84. The first-order valence-electron chi connectivity index (χ1n) is 7.03. The van der Waals surface area contributed by atoms with Crippen LogP contribution in [0.25, 0.3) is 0 Å². The number of hydrogen-bond donors (Lipinski definition) is 0. The van der Waals surface area contributed by atoms with Crippen LogP contribution in [-0.4, -0.2) is 0 Å². The van der Waals surface area contributed by atoms with Crippen LogP contribution in [0.3, 0.4) is 0 Å². The van der Waals surface area contributed by atoms with Gasteiger partial charge in [-0.15, -0.1) is 0 Å². The highest BCUT2D eigenvalue weighted by molar-refractivity contribution is 5.45. The lowest BCUT2D eigenvalue weighted by Gasteiger charge is -2.26. The molecule has 100 valence electrons. The number of aryl methyl sites for hydroxylation is 2. The van der Waals surface area contributed by atoms with Crippen molar-refractivity contribution in [2.24, 2.45) is 0 Å². The van der Waals surface area contributed by atoms with Crippen LogP contribution in [0.1, 0.15) is 41.2 Å². The summed E-state index contributed by atoms with van der Waals surface area (Å²) in [5, 5.41) is 9.24. The number of benzene rings is 2. The average Bonchev–Trinajstić information content (AvgIpc) is 2.49. The molecule has 0 fully saturated rings. The van der Waals surface area contributed by atoms with Gasteiger partial charge in [-0.1, -0.05) is 30.3 Å². The molecule has 1 atom stereocenters. The SMILES string of the molecule is Cc1ccc(OC2CCCc3ccccc32)c(C#N)c1. The Morgan fingerprint density at radius 1 is 1.20 bits per heavy atom. The van der Waals surface area contributed by atoms with E-state index in [9.17, 15) is 5.26 Å². The van der Waals surface area contributed by atoms with Crippen molar-refractivity contribution in [1.29, 1.82) is 5.26 Å². The molecule has 2 aromatic carbocycles. The molecule has 20 heavy (non-hydrogen) atoms. The fourth-order valence-corrected chi connectivity index (χ4v) is 2.82. The molecule has 3 rings (SSSR count). The lowest BCUT2D eigenvalue weighted by atomic mass is 9.89. The van der Waals surface area contributed by atoms with E-state index in [0.717, 1.165) is 24.8 Å². The van der Waals surface area contributed by atoms with Crippen molar-refractivity contribution in [2.75, 3.05) is 0 Å². The highest BCUT2D eigenvalue weighted by atomic mass is 16.5. The topological polar surface area (TPSA) is 33.0 Å². The zero-order valence-electron chi connectivity index (χ0n) is 11.6. The molecule has 1 aliphatic carbocycles. The van der Waals surface area contributed by atoms with Crippen LogP contribution in [-0.2, 0) is 6.42 Å². The molecular formula is C18H17NO. The first-order chi connectivity index (χ1) is 9.78. The van der Waals surface area contributed by atoms with E-state index in [-0.39, 0.29) is 6.10 Å². The summed E-state index contributed by atoms with van der Waals surface area (Å²) in [7, 11) is 0. The van der Waals surface area contributed by atoms with E-state index in [0.29, 0.717) is 11.3 Å². The first-order valence-corrected chi connectivity index (χ1v) is 7.03. The van der Waals surface area contributed by atoms with E-state index in [1.807, 2.05) is 25.1 Å². The summed E-state index contributed by atoms with van der Waals surface area (Å²) in [4.78, 5) is 0. The Kier molecular flexibility index (Phi) is 3.43. The van der Waals surface area contributed by atoms with Crippen molar-refractivity contribution >= 4 is 0 Å². The molecule has 2 heteroatoms. The summed E-state index contributed by atoms with van der Waals surface area (Å²) >= 11 is 0. The highest BCUT2D eigenvalue weighted by Gasteiger charge is 2.22. The molecule has 1 aliphatic rings. The minimum absolute atomic E-state index is 0.0646. The van der Waals surface area contributed by atoms with E-state index >= 15 is 0 Å². The standard InChI is InChI=1S/C18H17NO/c1-13-9-10-17(15(11-13)12-19)20-18-8-4-6-14-5-2-3-7-16(14)18/h2-3,5,7,9-11,18H,4,6,8H2,1H3. The largest absolute Gasteiger partial charge is 0.484 e. The lowest BCUT2D eigenvalue weighted by Crippen LogP contribution is -2.15. The Balaban J connectivity index is 1.92. The number of rotatable bonds is 2. The molecule has 0 aliphatic heterocycles. The van der Waals surface area contributed by atoms with Crippen LogP contribution in [0.4, 0.5) is 0 Å². The van der Waals surface area contributed by atoms with Crippen LogP contribution >= 0.6 is 0 Å². The zero-order chi connectivity index (χ0) is 13.9. The molecule has 0 radical (unpaired) electrons. The van der Waals surface area contributed by atoms with Crippen LogP contribution in [0.15, 0.2) is 42.5 Å². The fraction of sp³-hybridized carbons (Fsp3) is 0.278. The molecule has 0 amide bonds. The Bertz CT molecular complexity index is 669. The number of nitriles is 1. The second-order valence-corrected chi connectivity index (χ2v) is 5.31. The Morgan fingerprint density at radius 3 is 2.90 bits per heavy atom. The maximum absolute atomic E-state index is 9.24. The summed E-state index contributed by atoms with van der Waals surface area (Å²) < 4.78 is 6.14. The van der Waals surface area contributed by atoms with Gasteiger partial charge in [-0.25, -0.2) is 0 Å². The molecule has 0 aromatic heterocycles. The van der Waals surface area contributed by atoms with E-state index < -0.39 is 0 Å². The monoisotopic (exact) mass is 263 g/mol. The molecule has 2 nitrogen and oxygen atoms in total. The van der Waals surface area contributed by atoms with Crippen LogP contribution in [0, 0.1) is 18.3 Å². The smallest absolute Gasteiger partial charge is 0.138 e. The normalized spacial score (nSPS) is 17.1. The molecule has 0 N–H and O–H groups in total. The van der Waals surface area contributed by atoms with Crippen molar-refractivity contribution in [3.8, 4) is 11.8 Å². The lowest BCUT2D eigenvalue weighted by molar-refractivity contribution is 0.183. The number of ether oxygens (including phenoxy) is 1. The Morgan fingerprint density at radius 2 is 2.05 bits per heavy atom. The van der Waals surface area contributed by atoms with Crippen LogP contribution in [0.2, 0.25) is 0 Å². The fourth-order valence-electron chi connectivity index (χ4n) is 2.82. The van der Waals surface area contributed by atoms with Crippen molar-refractivity contribution < 1.29 is 4.74 Å². The molecule has 0 bridgehead atoms. The van der Waals surface area contributed by atoms with E-state index in [2.05, 4.69) is 30.3 Å². The van der Waals surface area contributed by atoms with Crippen LogP contribution in [0.5, 0.6) is 5.75 Å². The van der Waals surface area contributed by atoms with Crippen molar-refractivity contribution in [3.05, 3.63) is 64.7 Å². The van der Waals surface area contributed by atoms with Gasteiger partial charge in [0.2, 0.25) is 0 Å². The third-order valence-corrected chi connectivity index (χ3v) is 3.84. The van der Waals surface area contributed by atoms with Gasteiger partial charge in [-0.3, -0.25) is 0 Å². The van der Waals surface area contributed by atoms with E-state index in [4.69, 9.17) is 4.74 Å². The minimum atomic E-state index is 0.0646. The number of hydrogen-bond acceptors (Lipinski definition) is 2. The van der Waals surface area contributed by atoms with Gasteiger partial charge in [0, 0.05) is 0 Å². The second kappa shape index (κ2) is 5.38. The molecule has 0 saturated carbocycles. The van der Waals surface area contributed by atoms with Gasteiger partial charge < -0.3 is 4.74 Å². The maximum atomic E-state index is 9.24. The number of fused-ring (bicyclic) bond motifs is 1. The summed E-state index contributed by atoms with van der Waals surface area (Å²) in [5.41, 5.74) is 4.34. The average molecular weight is 263 g/mol. The quantitative estimate of drug-likeness (QED) is 0.808. The third kappa shape index (κ3) is 2.40. The molecule has 2 aromatic rings. The van der Waals surface area contributed by atoms with Gasteiger partial charge in [0.05, 0.1) is 5.56 Å². The van der Waals surface area contributed by atoms with Gasteiger partial charge in [-0.05, 0) is 55.0 Å². The predicted molar refractivity (Wildman–Crippen MR) is 78.6 cm³/mol. The second-order valence-electron chi connectivity index (χ2n) is 5.31. The van der Waals surface area contributed by atoms with Gasteiger partial charge in [0.25, 0.3) is 0 Å². The molecular weight excluding hydrogens is 246 g/mol. The van der Waals surface area contributed by atoms with Crippen LogP contribution < -0.4 is 4.74 Å². The van der Waals surface area contributed by atoms with Gasteiger partial charge in [-0.2, -0.15) is 5.26 Å². The minimum Gasteiger partial charge on any atom is -0.484 e.